The van der Waals surface area contributed by atoms with Crippen LogP contribution in [0.3, 0.4) is 0 Å². The van der Waals surface area contributed by atoms with Crippen LogP contribution in [0, 0.1) is 5.41 Å². The van der Waals surface area contributed by atoms with Crippen molar-refractivity contribution in [1.29, 1.82) is 0 Å². The highest BCUT2D eigenvalue weighted by atomic mass is 32.2. The van der Waals surface area contributed by atoms with Gasteiger partial charge < -0.3 is 14.6 Å². The van der Waals surface area contributed by atoms with Crippen LogP contribution in [0.1, 0.15) is 45.3 Å². The number of hydrogen-bond acceptors (Lipinski definition) is 4. The predicted molar refractivity (Wildman–Crippen MR) is 87.3 cm³/mol. The van der Waals surface area contributed by atoms with E-state index in [1.807, 2.05) is 31.5 Å². The Morgan fingerprint density at radius 1 is 1.48 bits per heavy atom. The second kappa shape index (κ2) is 5.68. The largest absolute Gasteiger partial charge is 0.598 e. The lowest BCUT2D eigenvalue weighted by Crippen LogP contribution is -2.50. The molecule has 1 aromatic rings. The molecule has 3 rings (SSSR count). The van der Waals surface area contributed by atoms with Gasteiger partial charge in [-0.15, -0.1) is 4.72 Å². The molecule has 3 heterocycles. The molecule has 1 saturated heterocycles. The normalized spacial score (nSPS) is 24.7. The quantitative estimate of drug-likeness (QED) is 0.800. The van der Waals surface area contributed by atoms with Crippen molar-refractivity contribution in [2.75, 3.05) is 13.1 Å². The maximum absolute atomic E-state index is 12.6. The van der Waals surface area contributed by atoms with Crippen LogP contribution < -0.4 is 4.72 Å². The van der Waals surface area contributed by atoms with Gasteiger partial charge in [0.25, 0.3) is 0 Å². The zero-order chi connectivity index (χ0) is 16.8. The fraction of sp³-hybridized carbons (Fsp3) is 0.733. The molecule has 0 aromatic carbocycles. The molecule has 1 spiro atoms. The standard InChI is InChI=1S/C15H24N4O3S/c1-14(2,3)23(22)17-12-11-4-7-16-19(11)10-15(12)5-8-18(9-6-15)13(20)21/h4,7,12,17H,5-6,8-10H2,1-3H3,(H,20,21)/t12-,23?/m1/s1. The van der Waals surface area contributed by atoms with Crippen molar-refractivity contribution in [1.82, 2.24) is 19.4 Å². The minimum atomic E-state index is -1.18. The minimum Gasteiger partial charge on any atom is -0.598 e. The molecule has 1 amide bonds. The van der Waals surface area contributed by atoms with E-state index in [9.17, 15) is 9.35 Å². The molecule has 2 N–H and O–H groups in total. The van der Waals surface area contributed by atoms with Gasteiger partial charge in [0, 0.05) is 42.6 Å². The first-order valence-electron chi connectivity index (χ1n) is 7.91. The highest BCUT2D eigenvalue weighted by molar-refractivity contribution is 7.90. The Morgan fingerprint density at radius 2 is 2.13 bits per heavy atom. The number of fused-ring (bicyclic) bond motifs is 1. The summed E-state index contributed by atoms with van der Waals surface area (Å²) in [6, 6.07) is 1.91. The summed E-state index contributed by atoms with van der Waals surface area (Å²) in [6.07, 6.45) is 2.41. The van der Waals surface area contributed by atoms with Gasteiger partial charge in [0.2, 0.25) is 0 Å². The van der Waals surface area contributed by atoms with Crippen molar-refractivity contribution in [2.45, 2.75) is 50.9 Å². The Balaban J connectivity index is 1.83. The average Bonchev–Trinajstić information content (AvgIpc) is 3.00. The molecule has 23 heavy (non-hydrogen) atoms. The smallest absolute Gasteiger partial charge is 0.407 e. The third kappa shape index (κ3) is 2.95. The van der Waals surface area contributed by atoms with Gasteiger partial charge in [0.15, 0.2) is 0 Å². The third-order valence-corrected chi connectivity index (χ3v) is 6.50. The summed E-state index contributed by atoms with van der Waals surface area (Å²) in [6.45, 7) is 7.62. The summed E-state index contributed by atoms with van der Waals surface area (Å²) in [4.78, 5) is 12.6. The van der Waals surface area contributed by atoms with Crippen molar-refractivity contribution in [2.24, 2.45) is 5.41 Å². The molecule has 1 aromatic heterocycles. The fourth-order valence-electron chi connectivity index (χ4n) is 3.48. The van der Waals surface area contributed by atoms with Crippen LogP contribution in [-0.4, -0.2) is 48.3 Å². The molecule has 8 heteroatoms. The van der Waals surface area contributed by atoms with Crippen LogP contribution in [0.2, 0.25) is 0 Å². The van der Waals surface area contributed by atoms with Crippen molar-refractivity contribution in [3.63, 3.8) is 0 Å². The lowest BCUT2D eigenvalue weighted by atomic mass is 9.74. The second-order valence-electron chi connectivity index (χ2n) is 7.48. The monoisotopic (exact) mass is 340 g/mol. The Kier molecular flexibility index (Phi) is 4.10. The summed E-state index contributed by atoms with van der Waals surface area (Å²) in [5.41, 5.74) is 0.933. The van der Waals surface area contributed by atoms with E-state index in [-0.39, 0.29) is 16.2 Å². The highest BCUT2D eigenvalue weighted by Gasteiger charge is 2.51. The lowest BCUT2D eigenvalue weighted by Gasteiger charge is -2.42. The van der Waals surface area contributed by atoms with Gasteiger partial charge in [-0.05, 0) is 39.7 Å². The Hall–Kier alpha value is -1.25. The van der Waals surface area contributed by atoms with Crippen LogP contribution in [0.4, 0.5) is 4.79 Å². The van der Waals surface area contributed by atoms with Crippen molar-refractivity contribution in [3.8, 4) is 0 Å². The van der Waals surface area contributed by atoms with Gasteiger partial charge in [-0.2, -0.15) is 5.10 Å². The molecule has 0 saturated carbocycles. The van der Waals surface area contributed by atoms with E-state index in [0.29, 0.717) is 13.1 Å². The summed E-state index contributed by atoms with van der Waals surface area (Å²) in [5.74, 6) is 0. The first-order valence-corrected chi connectivity index (χ1v) is 9.06. The summed E-state index contributed by atoms with van der Waals surface area (Å²) >= 11 is -1.18. The molecule has 0 radical (unpaired) electrons. The minimum absolute atomic E-state index is 0.0546. The Labute approximate surface area is 139 Å². The molecular formula is C15H24N4O3S. The number of likely N-dealkylation sites (tertiary alicyclic amines) is 1. The predicted octanol–water partition coefficient (Wildman–Crippen LogP) is 1.75. The van der Waals surface area contributed by atoms with Gasteiger partial charge in [-0.3, -0.25) is 4.68 Å². The second-order valence-corrected chi connectivity index (χ2v) is 9.48. The van der Waals surface area contributed by atoms with Crippen molar-refractivity contribution >= 4 is 17.5 Å². The number of nitrogens with one attached hydrogen (secondary N) is 1. The molecule has 0 bridgehead atoms. The van der Waals surface area contributed by atoms with Gasteiger partial charge in [0.1, 0.15) is 10.8 Å². The topological polar surface area (TPSA) is 93.5 Å². The van der Waals surface area contributed by atoms with Crippen LogP contribution in [0.25, 0.3) is 0 Å². The lowest BCUT2D eigenvalue weighted by molar-refractivity contribution is 0.0701. The number of carboxylic acid groups (broad SMARTS) is 1. The number of nitrogens with zero attached hydrogens (tertiary/aromatic N) is 3. The number of amides is 1. The van der Waals surface area contributed by atoms with Crippen LogP contribution in [0.15, 0.2) is 12.3 Å². The van der Waals surface area contributed by atoms with Gasteiger partial charge in [0.05, 0.1) is 5.69 Å². The molecule has 128 valence electrons. The van der Waals surface area contributed by atoms with E-state index >= 15 is 0 Å². The molecule has 7 nitrogen and oxygen atoms in total. The average molecular weight is 340 g/mol. The maximum atomic E-state index is 12.6. The molecule has 2 aliphatic rings. The van der Waals surface area contributed by atoms with E-state index in [4.69, 9.17) is 5.11 Å². The van der Waals surface area contributed by atoms with E-state index in [2.05, 4.69) is 9.82 Å². The number of piperidine rings is 1. The third-order valence-electron chi connectivity index (χ3n) is 4.93. The zero-order valence-corrected chi connectivity index (χ0v) is 14.6. The number of carbonyl (C=O) groups is 1. The van der Waals surface area contributed by atoms with Gasteiger partial charge >= 0.3 is 6.09 Å². The maximum Gasteiger partial charge on any atom is 0.407 e. The van der Waals surface area contributed by atoms with Gasteiger partial charge in [-0.1, -0.05) is 0 Å². The van der Waals surface area contributed by atoms with Crippen LogP contribution >= 0.6 is 0 Å². The van der Waals surface area contributed by atoms with E-state index in [1.54, 1.807) is 6.20 Å². The molecule has 1 fully saturated rings. The first kappa shape index (κ1) is 16.6. The fourth-order valence-corrected chi connectivity index (χ4v) is 4.42. The molecule has 2 atom stereocenters. The van der Waals surface area contributed by atoms with Crippen molar-refractivity contribution in [3.05, 3.63) is 18.0 Å². The number of hydrogen-bond donors (Lipinski definition) is 2. The number of aromatic nitrogens is 2. The van der Waals surface area contributed by atoms with E-state index in [0.717, 1.165) is 25.1 Å². The van der Waals surface area contributed by atoms with E-state index < -0.39 is 17.5 Å². The molecule has 2 aliphatic heterocycles. The van der Waals surface area contributed by atoms with E-state index in [1.165, 1.54) is 4.90 Å². The van der Waals surface area contributed by atoms with Crippen LogP contribution in [0.5, 0.6) is 0 Å². The Bertz CT molecular complexity index is 590. The SMILES string of the molecule is CC(C)(C)[S+]([O-])N[C@@H]1c2ccnn2CC12CCN(C(=O)O)CC2. The summed E-state index contributed by atoms with van der Waals surface area (Å²) in [7, 11) is 0. The molecule has 1 unspecified atom stereocenters. The highest BCUT2D eigenvalue weighted by Crippen LogP contribution is 2.49. The summed E-state index contributed by atoms with van der Waals surface area (Å²) < 4.78 is 17.5. The van der Waals surface area contributed by atoms with Gasteiger partial charge in [-0.25, -0.2) is 4.79 Å². The molecule has 0 aliphatic carbocycles. The summed E-state index contributed by atoms with van der Waals surface area (Å²) in [5, 5.41) is 13.5. The molecular weight excluding hydrogens is 316 g/mol. The Morgan fingerprint density at radius 3 is 2.70 bits per heavy atom. The number of rotatable bonds is 2. The zero-order valence-electron chi connectivity index (χ0n) is 13.8. The first-order chi connectivity index (χ1) is 10.7. The van der Waals surface area contributed by atoms with Crippen molar-refractivity contribution < 1.29 is 14.5 Å². The van der Waals surface area contributed by atoms with Crippen LogP contribution in [-0.2, 0) is 17.9 Å².